The number of pyridine rings is 1. The lowest BCUT2D eigenvalue weighted by molar-refractivity contribution is -0.143. The SMILES string of the molecule is CS(=O)(=O)N1CCC[C@@H](C(=O)N[C@@H](CCO[C@H]2C[C@H](CCc3ccc4c(n3)NCCC4)C2)C(=O)O)C1. The molecule has 2 atom stereocenters. The van der Waals surface area contributed by atoms with Gasteiger partial charge in [-0.05, 0) is 68.9 Å². The number of hydrogen-bond donors (Lipinski definition) is 3. The third kappa shape index (κ3) is 7.17. The second kappa shape index (κ2) is 11.9. The van der Waals surface area contributed by atoms with Gasteiger partial charge >= 0.3 is 5.97 Å². The Morgan fingerprint density at radius 2 is 2.11 bits per heavy atom. The van der Waals surface area contributed by atoms with Gasteiger partial charge in [0.1, 0.15) is 11.9 Å². The number of aliphatic carboxylic acids is 1. The summed E-state index contributed by atoms with van der Waals surface area (Å²) in [5.74, 6) is -0.444. The molecule has 0 unspecified atom stereocenters. The van der Waals surface area contributed by atoms with Gasteiger partial charge in [-0.1, -0.05) is 6.07 Å². The Kier molecular flexibility index (Phi) is 8.84. The van der Waals surface area contributed by atoms with E-state index in [1.165, 1.54) is 9.87 Å². The summed E-state index contributed by atoms with van der Waals surface area (Å²) >= 11 is 0. The van der Waals surface area contributed by atoms with E-state index in [9.17, 15) is 23.1 Å². The van der Waals surface area contributed by atoms with Gasteiger partial charge in [-0.2, -0.15) is 0 Å². The number of ether oxygens (including phenoxy) is 1. The number of anilines is 1. The lowest BCUT2D eigenvalue weighted by Gasteiger charge is -2.35. The maximum atomic E-state index is 12.6. The number of sulfonamides is 1. The van der Waals surface area contributed by atoms with Crippen LogP contribution in [0.4, 0.5) is 5.82 Å². The van der Waals surface area contributed by atoms with Crippen LogP contribution in [0.25, 0.3) is 0 Å². The van der Waals surface area contributed by atoms with Crippen molar-refractivity contribution >= 4 is 27.7 Å². The number of carbonyl (C=O) groups is 2. The molecule has 1 aliphatic carbocycles. The summed E-state index contributed by atoms with van der Waals surface area (Å²) < 4.78 is 30.7. The molecule has 0 radical (unpaired) electrons. The van der Waals surface area contributed by atoms with Crippen molar-refractivity contribution in [1.29, 1.82) is 0 Å². The van der Waals surface area contributed by atoms with E-state index in [1.54, 1.807) is 0 Å². The van der Waals surface area contributed by atoms with Gasteiger partial charge in [-0.3, -0.25) is 4.79 Å². The summed E-state index contributed by atoms with van der Waals surface area (Å²) in [6.07, 6.45) is 8.70. The van der Waals surface area contributed by atoms with Gasteiger partial charge in [-0.25, -0.2) is 22.5 Å². The average Bonchev–Trinajstić information content (AvgIpc) is 2.83. The van der Waals surface area contributed by atoms with Crippen molar-refractivity contribution in [3.63, 3.8) is 0 Å². The minimum Gasteiger partial charge on any atom is -0.480 e. The number of carboxylic acids is 1. The number of carbonyl (C=O) groups excluding carboxylic acids is 1. The molecule has 3 aliphatic rings. The van der Waals surface area contributed by atoms with E-state index in [1.807, 2.05) is 0 Å². The maximum absolute atomic E-state index is 12.6. The van der Waals surface area contributed by atoms with Crippen molar-refractivity contribution in [2.75, 3.05) is 37.8 Å². The molecule has 1 aromatic heterocycles. The second-order valence-corrected chi connectivity index (χ2v) is 12.3. The molecule has 1 saturated carbocycles. The topological polar surface area (TPSA) is 138 Å². The number of nitrogens with one attached hydrogen (secondary N) is 2. The highest BCUT2D eigenvalue weighted by Gasteiger charge is 2.33. The molecule has 3 N–H and O–H groups in total. The normalized spacial score (nSPS) is 25.2. The van der Waals surface area contributed by atoms with Gasteiger partial charge in [0.2, 0.25) is 15.9 Å². The van der Waals surface area contributed by atoms with E-state index in [2.05, 4.69) is 22.8 Å². The van der Waals surface area contributed by atoms with E-state index < -0.39 is 33.9 Å². The molecular weight excluding hydrogens is 484 g/mol. The molecule has 3 heterocycles. The van der Waals surface area contributed by atoms with Crippen LogP contribution in [0.5, 0.6) is 0 Å². The molecule has 0 spiro atoms. The quantitative estimate of drug-likeness (QED) is 0.400. The molecular formula is C25H38N4O6S. The monoisotopic (exact) mass is 522 g/mol. The smallest absolute Gasteiger partial charge is 0.326 e. The first-order valence-electron chi connectivity index (χ1n) is 13.0. The van der Waals surface area contributed by atoms with Crippen LogP contribution in [0.2, 0.25) is 0 Å². The van der Waals surface area contributed by atoms with E-state index in [-0.39, 0.29) is 25.7 Å². The number of aromatic nitrogens is 1. The lowest BCUT2D eigenvalue weighted by Crippen LogP contribution is -2.49. The Bertz CT molecular complexity index is 1040. The molecule has 4 rings (SSSR count). The summed E-state index contributed by atoms with van der Waals surface area (Å²) in [6, 6.07) is 3.26. The first-order chi connectivity index (χ1) is 17.2. The highest BCUT2D eigenvalue weighted by Crippen LogP contribution is 2.34. The number of rotatable bonds is 11. The minimum absolute atomic E-state index is 0.0917. The fourth-order valence-corrected chi connectivity index (χ4v) is 6.18. The molecule has 36 heavy (non-hydrogen) atoms. The van der Waals surface area contributed by atoms with Crippen LogP contribution >= 0.6 is 0 Å². The van der Waals surface area contributed by atoms with Crippen LogP contribution in [-0.4, -0.2) is 79.3 Å². The van der Waals surface area contributed by atoms with Crippen LogP contribution in [0, 0.1) is 11.8 Å². The second-order valence-electron chi connectivity index (χ2n) is 10.4. The third-order valence-electron chi connectivity index (χ3n) is 7.55. The van der Waals surface area contributed by atoms with Crippen molar-refractivity contribution < 1.29 is 27.9 Å². The summed E-state index contributed by atoms with van der Waals surface area (Å²) in [6.45, 7) is 1.73. The molecule has 0 aromatic carbocycles. The van der Waals surface area contributed by atoms with E-state index in [0.717, 1.165) is 62.8 Å². The molecule has 11 heteroatoms. The van der Waals surface area contributed by atoms with Gasteiger partial charge < -0.3 is 20.5 Å². The first-order valence-corrected chi connectivity index (χ1v) is 14.9. The van der Waals surface area contributed by atoms with Crippen molar-refractivity contribution in [2.45, 2.75) is 69.9 Å². The van der Waals surface area contributed by atoms with Crippen LogP contribution in [0.1, 0.15) is 56.2 Å². The van der Waals surface area contributed by atoms with Crippen LogP contribution in [0.3, 0.4) is 0 Å². The van der Waals surface area contributed by atoms with Crippen molar-refractivity contribution in [3.05, 3.63) is 23.4 Å². The van der Waals surface area contributed by atoms with Crippen LogP contribution in [0.15, 0.2) is 12.1 Å². The zero-order chi connectivity index (χ0) is 25.7. The highest BCUT2D eigenvalue weighted by molar-refractivity contribution is 7.88. The Labute approximate surface area is 213 Å². The van der Waals surface area contributed by atoms with Gasteiger partial charge in [0.05, 0.1) is 18.3 Å². The molecule has 0 bridgehead atoms. The molecule has 1 amide bonds. The average molecular weight is 523 g/mol. The van der Waals surface area contributed by atoms with Crippen LogP contribution in [-0.2, 0) is 37.2 Å². The number of aryl methyl sites for hydroxylation is 2. The Balaban J connectivity index is 1.14. The molecule has 2 fully saturated rings. The maximum Gasteiger partial charge on any atom is 0.326 e. The van der Waals surface area contributed by atoms with Crippen molar-refractivity contribution in [3.8, 4) is 0 Å². The molecule has 1 saturated heterocycles. The predicted octanol–water partition coefficient (Wildman–Crippen LogP) is 1.80. The summed E-state index contributed by atoms with van der Waals surface area (Å²) in [5.41, 5.74) is 2.41. The zero-order valence-electron chi connectivity index (χ0n) is 20.9. The molecule has 10 nitrogen and oxygen atoms in total. The predicted molar refractivity (Wildman–Crippen MR) is 135 cm³/mol. The first kappa shape index (κ1) is 26.8. The van der Waals surface area contributed by atoms with E-state index in [0.29, 0.717) is 25.3 Å². The highest BCUT2D eigenvalue weighted by atomic mass is 32.2. The third-order valence-corrected chi connectivity index (χ3v) is 8.82. The number of piperidine rings is 1. The standard InChI is InChI=1S/C25H38N4O6S/c1-36(33,34)29-12-3-5-19(16-29)24(30)28-22(25(31)32)10-13-35-21-14-17(15-21)6-8-20-9-7-18-4-2-11-26-23(18)27-20/h7,9,17,19,21-22H,2-6,8,10-16H2,1H3,(H,26,27)(H,28,30)(H,31,32)/t17-,19-,21-,22+/m1/s1. The summed E-state index contributed by atoms with van der Waals surface area (Å²) in [5, 5.41) is 15.5. The fraction of sp³-hybridized carbons (Fsp3) is 0.720. The number of hydrogen-bond acceptors (Lipinski definition) is 7. The summed E-state index contributed by atoms with van der Waals surface area (Å²) in [4.78, 5) is 29.0. The number of fused-ring (bicyclic) bond motifs is 1. The van der Waals surface area contributed by atoms with Gasteiger partial charge in [0.15, 0.2) is 0 Å². The number of amides is 1. The van der Waals surface area contributed by atoms with Gasteiger partial charge in [0.25, 0.3) is 0 Å². The zero-order valence-corrected chi connectivity index (χ0v) is 21.8. The fourth-order valence-electron chi connectivity index (χ4n) is 5.26. The Morgan fingerprint density at radius 1 is 1.31 bits per heavy atom. The molecule has 200 valence electrons. The van der Waals surface area contributed by atoms with Crippen LogP contribution < -0.4 is 10.6 Å². The Morgan fingerprint density at radius 3 is 2.86 bits per heavy atom. The number of carboxylic acid groups (broad SMARTS) is 1. The van der Waals surface area contributed by atoms with Crippen molar-refractivity contribution in [2.24, 2.45) is 11.8 Å². The largest absolute Gasteiger partial charge is 0.480 e. The summed E-state index contributed by atoms with van der Waals surface area (Å²) in [7, 11) is -3.38. The van der Waals surface area contributed by atoms with E-state index in [4.69, 9.17) is 9.72 Å². The van der Waals surface area contributed by atoms with Crippen molar-refractivity contribution in [1.82, 2.24) is 14.6 Å². The number of nitrogens with zero attached hydrogens (tertiary/aromatic N) is 2. The van der Waals surface area contributed by atoms with Gasteiger partial charge in [0, 0.05) is 38.4 Å². The Hall–Kier alpha value is -2.24. The van der Waals surface area contributed by atoms with Gasteiger partial charge in [-0.15, -0.1) is 0 Å². The molecule has 1 aromatic rings. The van der Waals surface area contributed by atoms with E-state index >= 15 is 0 Å². The minimum atomic E-state index is -3.38. The molecule has 2 aliphatic heterocycles. The lowest BCUT2D eigenvalue weighted by atomic mass is 9.79.